The maximum Gasteiger partial charge on any atom is 0.303 e. The predicted octanol–water partition coefficient (Wildman–Crippen LogP) is 3.13. The number of rotatable bonds is 5. The first-order valence-electron chi connectivity index (χ1n) is 6.68. The van der Waals surface area contributed by atoms with Gasteiger partial charge in [-0.3, -0.25) is 9.59 Å². The number of hydrogen-bond acceptors (Lipinski definition) is 2. The van der Waals surface area contributed by atoms with E-state index in [9.17, 15) is 9.59 Å². The lowest BCUT2D eigenvalue weighted by molar-refractivity contribution is -0.141. The Labute approximate surface area is 126 Å². The quantitative estimate of drug-likeness (QED) is 0.865. The van der Waals surface area contributed by atoms with E-state index in [-0.39, 0.29) is 17.7 Å². The van der Waals surface area contributed by atoms with E-state index in [4.69, 9.17) is 5.11 Å². The van der Waals surface area contributed by atoms with Crippen molar-refractivity contribution in [3.63, 3.8) is 0 Å². The standard InChI is InChI=1S/C15H18BrNO3/c1-10-3-4-11(7-12(10)16)14(20)17-9-15(5-2-6-15)8-13(18)19/h3-4,7H,2,5-6,8-9H2,1H3,(H,17,20)(H,18,19). The van der Waals surface area contributed by atoms with Crippen molar-refractivity contribution in [2.24, 2.45) is 5.41 Å². The van der Waals surface area contributed by atoms with Crippen molar-refractivity contribution in [3.05, 3.63) is 33.8 Å². The van der Waals surface area contributed by atoms with Crippen LogP contribution in [0.15, 0.2) is 22.7 Å². The second-order valence-corrected chi connectivity index (χ2v) is 6.43. The molecule has 0 saturated heterocycles. The average molecular weight is 340 g/mol. The van der Waals surface area contributed by atoms with Gasteiger partial charge in [-0.1, -0.05) is 28.4 Å². The van der Waals surface area contributed by atoms with Gasteiger partial charge < -0.3 is 10.4 Å². The highest BCUT2D eigenvalue weighted by Crippen LogP contribution is 2.43. The molecule has 1 saturated carbocycles. The zero-order valence-electron chi connectivity index (χ0n) is 11.4. The fraction of sp³-hybridized carbons (Fsp3) is 0.467. The maximum atomic E-state index is 12.1. The van der Waals surface area contributed by atoms with Gasteiger partial charge in [-0.05, 0) is 42.9 Å². The highest BCUT2D eigenvalue weighted by molar-refractivity contribution is 9.10. The summed E-state index contributed by atoms with van der Waals surface area (Å²) in [6.45, 7) is 2.39. The Morgan fingerprint density at radius 3 is 2.60 bits per heavy atom. The largest absolute Gasteiger partial charge is 0.481 e. The third-order valence-electron chi connectivity index (χ3n) is 4.00. The Hall–Kier alpha value is -1.36. The van der Waals surface area contributed by atoms with Gasteiger partial charge in [0.15, 0.2) is 0 Å². The zero-order valence-corrected chi connectivity index (χ0v) is 13.0. The number of carboxylic acids is 1. The fourth-order valence-corrected chi connectivity index (χ4v) is 2.90. The van der Waals surface area contributed by atoms with Crippen LogP contribution in [0.5, 0.6) is 0 Å². The molecule has 0 bridgehead atoms. The van der Waals surface area contributed by atoms with Crippen molar-refractivity contribution >= 4 is 27.8 Å². The number of amides is 1. The van der Waals surface area contributed by atoms with Gasteiger partial charge in [0.2, 0.25) is 0 Å². The Morgan fingerprint density at radius 2 is 2.10 bits per heavy atom. The van der Waals surface area contributed by atoms with Crippen LogP contribution in [-0.2, 0) is 4.79 Å². The number of hydrogen-bond donors (Lipinski definition) is 2. The van der Waals surface area contributed by atoms with Crippen molar-refractivity contribution in [2.75, 3.05) is 6.54 Å². The molecule has 20 heavy (non-hydrogen) atoms. The van der Waals surface area contributed by atoms with Crippen molar-refractivity contribution in [3.8, 4) is 0 Å². The van der Waals surface area contributed by atoms with Gasteiger partial charge in [0.05, 0.1) is 6.42 Å². The van der Waals surface area contributed by atoms with Crippen LogP contribution in [0, 0.1) is 12.3 Å². The Bertz CT molecular complexity index is 538. The molecule has 1 fully saturated rings. The van der Waals surface area contributed by atoms with Crippen molar-refractivity contribution < 1.29 is 14.7 Å². The summed E-state index contributed by atoms with van der Waals surface area (Å²) in [7, 11) is 0. The summed E-state index contributed by atoms with van der Waals surface area (Å²) < 4.78 is 0.897. The Kier molecular flexibility index (Phi) is 4.48. The zero-order chi connectivity index (χ0) is 14.8. The van der Waals surface area contributed by atoms with Gasteiger partial charge in [-0.25, -0.2) is 0 Å². The second-order valence-electron chi connectivity index (χ2n) is 5.57. The number of benzene rings is 1. The van der Waals surface area contributed by atoms with Crippen molar-refractivity contribution in [2.45, 2.75) is 32.6 Å². The van der Waals surface area contributed by atoms with Crippen LogP contribution in [0.2, 0.25) is 0 Å². The number of aryl methyl sites for hydroxylation is 1. The first-order chi connectivity index (χ1) is 9.42. The molecule has 2 N–H and O–H groups in total. The van der Waals surface area contributed by atoms with Crippen LogP contribution in [0.3, 0.4) is 0 Å². The average Bonchev–Trinajstić information content (AvgIpc) is 2.35. The van der Waals surface area contributed by atoms with Gasteiger partial charge in [0, 0.05) is 16.6 Å². The van der Waals surface area contributed by atoms with Crippen LogP contribution >= 0.6 is 15.9 Å². The van der Waals surface area contributed by atoms with Gasteiger partial charge in [-0.15, -0.1) is 0 Å². The first kappa shape index (κ1) is 15.0. The first-order valence-corrected chi connectivity index (χ1v) is 7.47. The molecule has 0 heterocycles. The van der Waals surface area contributed by atoms with Crippen molar-refractivity contribution in [1.29, 1.82) is 0 Å². The maximum absolute atomic E-state index is 12.1. The molecule has 0 radical (unpaired) electrons. The molecular formula is C15H18BrNO3. The summed E-state index contributed by atoms with van der Waals surface area (Å²) in [6, 6.07) is 5.45. The Morgan fingerprint density at radius 1 is 1.40 bits per heavy atom. The summed E-state index contributed by atoms with van der Waals surface area (Å²) in [5.74, 6) is -0.945. The molecule has 5 heteroatoms. The molecule has 0 aromatic heterocycles. The summed E-state index contributed by atoms with van der Waals surface area (Å²) >= 11 is 3.40. The SMILES string of the molecule is Cc1ccc(C(=O)NCC2(CC(=O)O)CCC2)cc1Br. The number of carbonyl (C=O) groups excluding carboxylic acids is 1. The van der Waals surface area contributed by atoms with Crippen LogP contribution < -0.4 is 5.32 Å². The van der Waals surface area contributed by atoms with Gasteiger partial charge in [0.1, 0.15) is 0 Å². The highest BCUT2D eigenvalue weighted by Gasteiger charge is 2.39. The normalized spacial score (nSPS) is 16.3. The molecule has 1 aliphatic carbocycles. The third-order valence-corrected chi connectivity index (χ3v) is 4.85. The van der Waals surface area contributed by atoms with E-state index in [1.54, 1.807) is 12.1 Å². The molecule has 1 aromatic carbocycles. The molecule has 0 spiro atoms. The van der Waals surface area contributed by atoms with E-state index in [0.717, 1.165) is 29.3 Å². The molecule has 2 rings (SSSR count). The van der Waals surface area contributed by atoms with E-state index >= 15 is 0 Å². The summed E-state index contributed by atoms with van der Waals surface area (Å²) in [5, 5.41) is 11.8. The minimum atomic E-state index is -0.794. The monoisotopic (exact) mass is 339 g/mol. The molecule has 1 amide bonds. The molecule has 0 unspecified atom stereocenters. The van der Waals surface area contributed by atoms with Crippen molar-refractivity contribution in [1.82, 2.24) is 5.32 Å². The fourth-order valence-electron chi connectivity index (χ4n) is 2.52. The molecule has 108 valence electrons. The smallest absolute Gasteiger partial charge is 0.303 e. The van der Waals surface area contributed by atoms with Gasteiger partial charge >= 0.3 is 5.97 Å². The second kappa shape index (κ2) is 5.95. The van der Waals surface area contributed by atoms with Crippen LogP contribution in [0.1, 0.15) is 41.6 Å². The number of carboxylic acid groups (broad SMARTS) is 1. The van der Waals surface area contributed by atoms with E-state index in [2.05, 4.69) is 21.2 Å². The lowest BCUT2D eigenvalue weighted by Crippen LogP contribution is -2.43. The van der Waals surface area contributed by atoms with E-state index in [1.807, 2.05) is 13.0 Å². The molecule has 0 aliphatic heterocycles. The number of carbonyl (C=O) groups is 2. The highest BCUT2D eigenvalue weighted by atomic mass is 79.9. The molecule has 1 aliphatic rings. The van der Waals surface area contributed by atoms with E-state index in [0.29, 0.717) is 12.1 Å². The molecule has 1 aromatic rings. The van der Waals surface area contributed by atoms with Gasteiger partial charge in [0.25, 0.3) is 5.91 Å². The van der Waals surface area contributed by atoms with Crippen LogP contribution in [0.4, 0.5) is 0 Å². The lowest BCUT2D eigenvalue weighted by Gasteiger charge is -2.40. The van der Waals surface area contributed by atoms with Crippen LogP contribution in [0.25, 0.3) is 0 Å². The molecular weight excluding hydrogens is 322 g/mol. The summed E-state index contributed by atoms with van der Waals surface area (Å²) in [5.41, 5.74) is 1.42. The Balaban J connectivity index is 1.97. The molecule has 4 nitrogen and oxygen atoms in total. The summed E-state index contributed by atoms with van der Waals surface area (Å²) in [6.07, 6.45) is 2.92. The van der Waals surface area contributed by atoms with Gasteiger partial charge in [-0.2, -0.15) is 0 Å². The number of nitrogens with one attached hydrogen (secondary N) is 1. The van der Waals surface area contributed by atoms with E-state index < -0.39 is 5.97 Å². The van der Waals surface area contributed by atoms with E-state index in [1.165, 1.54) is 0 Å². The third kappa shape index (κ3) is 3.39. The topological polar surface area (TPSA) is 66.4 Å². The van der Waals surface area contributed by atoms with Crippen LogP contribution in [-0.4, -0.2) is 23.5 Å². The molecule has 0 atom stereocenters. The lowest BCUT2D eigenvalue weighted by atomic mass is 9.66. The predicted molar refractivity (Wildman–Crippen MR) is 79.7 cm³/mol. The summed E-state index contributed by atoms with van der Waals surface area (Å²) in [4.78, 5) is 23.0. The minimum absolute atomic E-state index is 0.130. The number of aliphatic carboxylic acids is 1. The number of halogens is 1. The minimum Gasteiger partial charge on any atom is -0.481 e.